The minimum Gasteiger partial charge on any atom is -0.508 e. The van der Waals surface area contributed by atoms with E-state index in [1.807, 2.05) is 30.3 Å². The zero-order valence-electron chi connectivity index (χ0n) is 10.1. The number of rotatable bonds is 4. The van der Waals surface area contributed by atoms with E-state index in [1.54, 1.807) is 6.07 Å². The maximum atomic E-state index is 9.71. The van der Waals surface area contributed by atoms with Crippen molar-refractivity contribution in [2.45, 2.75) is 12.5 Å². The quantitative estimate of drug-likeness (QED) is 0.769. The number of aromatic hydroxyl groups is 1. The molecular formula is C15H17NO2. The van der Waals surface area contributed by atoms with Gasteiger partial charge in [0.15, 0.2) is 0 Å². The summed E-state index contributed by atoms with van der Waals surface area (Å²) in [5.74, 6) is 0.133. The second-order valence-corrected chi connectivity index (χ2v) is 4.34. The third kappa shape index (κ3) is 2.88. The number of phenols is 1. The van der Waals surface area contributed by atoms with E-state index in [0.29, 0.717) is 5.56 Å². The van der Waals surface area contributed by atoms with Gasteiger partial charge < -0.3 is 15.9 Å². The lowest BCUT2D eigenvalue weighted by Gasteiger charge is -2.12. The fraction of sp³-hybridized carbons (Fsp3) is 0.200. The summed E-state index contributed by atoms with van der Waals surface area (Å²) in [6.45, 7) is -0.178. The Hall–Kier alpha value is -1.84. The molecule has 1 atom stereocenters. The molecule has 3 heteroatoms. The minimum atomic E-state index is -0.541. The van der Waals surface area contributed by atoms with Crippen LogP contribution in [0.4, 0.5) is 0 Å². The summed E-state index contributed by atoms with van der Waals surface area (Å²) in [5, 5.41) is 18.8. The van der Waals surface area contributed by atoms with Gasteiger partial charge in [-0.3, -0.25) is 0 Å². The summed E-state index contributed by atoms with van der Waals surface area (Å²) in [4.78, 5) is 0. The van der Waals surface area contributed by atoms with Crippen LogP contribution in [-0.2, 0) is 6.42 Å². The molecule has 2 aromatic rings. The number of hydrogen-bond acceptors (Lipinski definition) is 3. The molecule has 0 radical (unpaired) electrons. The molecule has 0 unspecified atom stereocenters. The number of hydrogen-bond donors (Lipinski definition) is 3. The van der Waals surface area contributed by atoms with Crippen LogP contribution in [0.25, 0.3) is 0 Å². The Bertz CT molecular complexity index is 511. The van der Waals surface area contributed by atoms with Crippen molar-refractivity contribution in [2.24, 2.45) is 5.73 Å². The second kappa shape index (κ2) is 5.67. The van der Waals surface area contributed by atoms with E-state index in [1.165, 1.54) is 5.56 Å². The first-order valence-corrected chi connectivity index (χ1v) is 5.93. The van der Waals surface area contributed by atoms with Crippen LogP contribution in [0.3, 0.4) is 0 Å². The van der Waals surface area contributed by atoms with Crippen molar-refractivity contribution >= 4 is 0 Å². The number of aliphatic hydroxyl groups is 1. The van der Waals surface area contributed by atoms with Crippen LogP contribution >= 0.6 is 0 Å². The lowest BCUT2D eigenvalue weighted by molar-refractivity contribution is 0.265. The fourth-order valence-electron chi connectivity index (χ4n) is 1.94. The highest BCUT2D eigenvalue weighted by Crippen LogP contribution is 2.24. The summed E-state index contributed by atoms with van der Waals surface area (Å²) in [6.07, 6.45) is 0.784. The summed E-state index contributed by atoms with van der Waals surface area (Å²) in [6, 6.07) is 14.9. The average Bonchev–Trinajstić information content (AvgIpc) is 2.41. The summed E-state index contributed by atoms with van der Waals surface area (Å²) < 4.78 is 0. The SMILES string of the molecule is N[C@H](CO)c1cc(Cc2ccccc2)ccc1O. The largest absolute Gasteiger partial charge is 0.508 e. The van der Waals surface area contributed by atoms with Crippen LogP contribution in [0.2, 0.25) is 0 Å². The first-order chi connectivity index (χ1) is 8.70. The van der Waals surface area contributed by atoms with Crippen molar-refractivity contribution in [1.82, 2.24) is 0 Å². The molecule has 94 valence electrons. The van der Waals surface area contributed by atoms with Crippen molar-refractivity contribution in [1.29, 1.82) is 0 Å². The van der Waals surface area contributed by atoms with Gasteiger partial charge in [-0.15, -0.1) is 0 Å². The smallest absolute Gasteiger partial charge is 0.120 e. The molecule has 18 heavy (non-hydrogen) atoms. The molecule has 0 spiro atoms. The normalized spacial score (nSPS) is 12.3. The Morgan fingerprint density at radius 1 is 1.00 bits per heavy atom. The second-order valence-electron chi connectivity index (χ2n) is 4.34. The number of benzene rings is 2. The molecule has 0 saturated carbocycles. The van der Waals surface area contributed by atoms with Crippen molar-refractivity contribution in [2.75, 3.05) is 6.61 Å². The maximum absolute atomic E-state index is 9.71. The van der Waals surface area contributed by atoms with E-state index in [4.69, 9.17) is 10.8 Å². The van der Waals surface area contributed by atoms with Crippen LogP contribution in [0.15, 0.2) is 48.5 Å². The van der Waals surface area contributed by atoms with Crippen LogP contribution in [0.1, 0.15) is 22.7 Å². The summed E-state index contributed by atoms with van der Waals surface area (Å²) in [5.41, 5.74) is 8.60. The van der Waals surface area contributed by atoms with Gasteiger partial charge in [0.05, 0.1) is 12.6 Å². The van der Waals surface area contributed by atoms with Crippen LogP contribution in [0.5, 0.6) is 5.75 Å². The lowest BCUT2D eigenvalue weighted by atomic mass is 9.99. The molecule has 0 saturated heterocycles. The van der Waals surface area contributed by atoms with Crippen molar-refractivity contribution in [3.63, 3.8) is 0 Å². The molecule has 3 nitrogen and oxygen atoms in total. The van der Waals surface area contributed by atoms with Crippen molar-refractivity contribution in [3.8, 4) is 5.75 Å². The highest BCUT2D eigenvalue weighted by molar-refractivity contribution is 5.40. The average molecular weight is 243 g/mol. The first kappa shape index (κ1) is 12.6. The monoisotopic (exact) mass is 243 g/mol. The van der Waals surface area contributed by atoms with E-state index in [0.717, 1.165) is 12.0 Å². The summed E-state index contributed by atoms with van der Waals surface area (Å²) >= 11 is 0. The van der Waals surface area contributed by atoms with Gasteiger partial charge in [-0.2, -0.15) is 0 Å². The molecule has 0 heterocycles. The Morgan fingerprint density at radius 2 is 1.72 bits per heavy atom. The van der Waals surface area contributed by atoms with E-state index >= 15 is 0 Å². The zero-order chi connectivity index (χ0) is 13.0. The molecule has 0 fully saturated rings. The van der Waals surface area contributed by atoms with Gasteiger partial charge in [0.2, 0.25) is 0 Å². The molecule has 0 aromatic heterocycles. The maximum Gasteiger partial charge on any atom is 0.120 e. The van der Waals surface area contributed by atoms with Crippen LogP contribution < -0.4 is 5.73 Å². The Morgan fingerprint density at radius 3 is 2.39 bits per heavy atom. The lowest BCUT2D eigenvalue weighted by Crippen LogP contribution is -2.14. The molecule has 0 aliphatic heterocycles. The topological polar surface area (TPSA) is 66.5 Å². The highest BCUT2D eigenvalue weighted by Gasteiger charge is 2.10. The number of nitrogens with two attached hydrogens (primary N) is 1. The molecular weight excluding hydrogens is 226 g/mol. The molecule has 2 rings (SSSR count). The van der Waals surface area contributed by atoms with Crippen LogP contribution in [-0.4, -0.2) is 16.8 Å². The van der Waals surface area contributed by atoms with Crippen molar-refractivity contribution < 1.29 is 10.2 Å². The van der Waals surface area contributed by atoms with E-state index in [-0.39, 0.29) is 12.4 Å². The molecule has 0 amide bonds. The van der Waals surface area contributed by atoms with E-state index < -0.39 is 6.04 Å². The van der Waals surface area contributed by atoms with Gasteiger partial charge >= 0.3 is 0 Å². The number of aliphatic hydroxyl groups excluding tert-OH is 1. The third-order valence-corrected chi connectivity index (χ3v) is 2.94. The predicted octanol–water partition coefficient (Wildman–Crippen LogP) is 1.98. The molecule has 0 aliphatic carbocycles. The van der Waals surface area contributed by atoms with Gasteiger partial charge in [0, 0.05) is 5.56 Å². The number of phenolic OH excluding ortho intramolecular Hbond substituents is 1. The van der Waals surface area contributed by atoms with Gasteiger partial charge in [-0.05, 0) is 23.6 Å². The van der Waals surface area contributed by atoms with Gasteiger partial charge in [0.1, 0.15) is 5.75 Å². The minimum absolute atomic E-state index is 0.133. The molecule has 4 N–H and O–H groups in total. The Kier molecular flexibility index (Phi) is 3.97. The standard InChI is InChI=1S/C15H17NO2/c16-14(10-17)13-9-12(6-7-15(13)18)8-11-4-2-1-3-5-11/h1-7,9,14,17-18H,8,10,16H2/t14-/m1/s1. The zero-order valence-corrected chi connectivity index (χ0v) is 10.1. The molecule has 2 aromatic carbocycles. The van der Waals surface area contributed by atoms with Gasteiger partial charge in [0.25, 0.3) is 0 Å². The van der Waals surface area contributed by atoms with Crippen LogP contribution in [0, 0.1) is 0 Å². The van der Waals surface area contributed by atoms with Gasteiger partial charge in [-0.25, -0.2) is 0 Å². The summed E-state index contributed by atoms with van der Waals surface area (Å²) in [7, 11) is 0. The first-order valence-electron chi connectivity index (χ1n) is 5.93. The predicted molar refractivity (Wildman–Crippen MR) is 71.4 cm³/mol. The highest BCUT2D eigenvalue weighted by atomic mass is 16.3. The third-order valence-electron chi connectivity index (χ3n) is 2.94. The van der Waals surface area contributed by atoms with Gasteiger partial charge in [-0.1, -0.05) is 42.5 Å². The Balaban J connectivity index is 2.25. The van der Waals surface area contributed by atoms with E-state index in [2.05, 4.69) is 12.1 Å². The van der Waals surface area contributed by atoms with E-state index in [9.17, 15) is 5.11 Å². The Labute approximate surface area is 107 Å². The molecule has 0 aliphatic rings. The van der Waals surface area contributed by atoms with Crippen molar-refractivity contribution in [3.05, 3.63) is 65.2 Å². The fourth-order valence-corrected chi connectivity index (χ4v) is 1.94. The molecule has 0 bridgehead atoms.